The van der Waals surface area contributed by atoms with Gasteiger partial charge in [0.1, 0.15) is 27.7 Å². The molecule has 0 atom stereocenters. The fourth-order valence-corrected chi connectivity index (χ4v) is 2.89. The number of nitrogens with one attached hydrogen (secondary N) is 1. The normalized spacial score (nSPS) is 11.0. The lowest BCUT2D eigenvalue weighted by molar-refractivity contribution is 0.0596. The summed E-state index contributed by atoms with van der Waals surface area (Å²) in [5.74, 6) is -1.42. The molecule has 138 valence electrons. The van der Waals surface area contributed by atoms with E-state index in [1.165, 1.54) is 12.1 Å². The van der Waals surface area contributed by atoms with E-state index in [0.29, 0.717) is 6.29 Å². The summed E-state index contributed by atoms with van der Waals surface area (Å²) in [7, 11) is 1.16. The van der Waals surface area contributed by atoms with Gasteiger partial charge in [-0.25, -0.2) is 19.0 Å². The van der Waals surface area contributed by atoms with Gasteiger partial charge in [-0.05, 0) is 39.0 Å². The van der Waals surface area contributed by atoms with Gasteiger partial charge in [0.2, 0.25) is 0 Å². The molecule has 9 heteroatoms. The monoisotopic (exact) mass is 380 g/mol. The molecule has 26 heavy (non-hydrogen) atoms. The van der Waals surface area contributed by atoms with Crippen LogP contribution in [0.1, 0.15) is 41.6 Å². The second-order valence-electron chi connectivity index (χ2n) is 6.17. The SMILES string of the molecule is COC(=O)c1nc(-c2cc(C=O)ccc2F)sc1NC(=O)OC(C)(C)C. The van der Waals surface area contributed by atoms with Crippen LogP contribution < -0.4 is 5.32 Å². The lowest BCUT2D eigenvalue weighted by Crippen LogP contribution is -2.27. The maximum absolute atomic E-state index is 14.1. The van der Waals surface area contributed by atoms with Gasteiger partial charge in [0.15, 0.2) is 5.69 Å². The van der Waals surface area contributed by atoms with Crippen LogP contribution in [0.15, 0.2) is 18.2 Å². The number of hydrogen-bond acceptors (Lipinski definition) is 7. The van der Waals surface area contributed by atoms with Crippen LogP contribution in [-0.4, -0.2) is 36.0 Å². The molecule has 0 aliphatic carbocycles. The molecule has 2 aromatic rings. The molecule has 2 rings (SSSR count). The van der Waals surface area contributed by atoms with Crippen molar-refractivity contribution in [2.24, 2.45) is 0 Å². The molecule has 0 spiro atoms. The van der Waals surface area contributed by atoms with Crippen LogP contribution in [0.5, 0.6) is 0 Å². The number of esters is 1. The number of nitrogens with zero attached hydrogens (tertiary/aromatic N) is 1. The van der Waals surface area contributed by atoms with Crippen molar-refractivity contribution in [3.8, 4) is 10.6 Å². The topological polar surface area (TPSA) is 94.6 Å². The first-order valence-electron chi connectivity index (χ1n) is 7.49. The molecule has 0 fully saturated rings. The fraction of sp³-hybridized carbons (Fsp3) is 0.294. The first kappa shape index (κ1) is 19.5. The van der Waals surface area contributed by atoms with E-state index in [1.807, 2.05) is 0 Å². The van der Waals surface area contributed by atoms with E-state index in [4.69, 9.17) is 4.74 Å². The number of hydrogen-bond donors (Lipinski definition) is 1. The van der Waals surface area contributed by atoms with Gasteiger partial charge in [-0.3, -0.25) is 10.1 Å². The lowest BCUT2D eigenvalue weighted by Gasteiger charge is -2.19. The molecule has 1 N–H and O–H groups in total. The number of ether oxygens (including phenoxy) is 2. The number of methoxy groups -OCH3 is 1. The number of thiazole rings is 1. The Bertz CT molecular complexity index is 857. The number of halogens is 1. The molecular weight excluding hydrogens is 363 g/mol. The summed E-state index contributed by atoms with van der Waals surface area (Å²) >= 11 is 0.864. The minimum atomic E-state index is -0.800. The van der Waals surface area contributed by atoms with Crippen molar-refractivity contribution in [3.05, 3.63) is 35.3 Å². The van der Waals surface area contributed by atoms with Crippen molar-refractivity contribution >= 4 is 34.7 Å². The molecule has 7 nitrogen and oxygen atoms in total. The standard InChI is InChI=1S/C17H17FN2O5S/c1-17(2,3)25-16(23)20-14-12(15(22)24-4)19-13(26-14)10-7-9(8-21)5-6-11(10)18/h5-8H,1-4H3,(H,20,23). The molecule has 0 unspecified atom stereocenters. The van der Waals surface area contributed by atoms with Gasteiger partial charge < -0.3 is 9.47 Å². The van der Waals surface area contributed by atoms with Gasteiger partial charge >= 0.3 is 12.1 Å². The molecule has 1 aromatic carbocycles. The summed E-state index contributed by atoms with van der Waals surface area (Å²) in [6.07, 6.45) is -0.225. The second-order valence-corrected chi connectivity index (χ2v) is 7.17. The quantitative estimate of drug-likeness (QED) is 0.639. The van der Waals surface area contributed by atoms with Gasteiger partial charge in [-0.15, -0.1) is 0 Å². The highest BCUT2D eigenvalue weighted by Gasteiger charge is 2.25. The number of amides is 1. The largest absolute Gasteiger partial charge is 0.464 e. The summed E-state index contributed by atoms with van der Waals surface area (Å²) in [6, 6.07) is 3.75. The van der Waals surface area contributed by atoms with Crippen molar-refractivity contribution in [1.29, 1.82) is 0 Å². The molecule has 1 heterocycles. The predicted octanol–water partition coefficient (Wildman–Crippen LogP) is 3.90. The zero-order chi connectivity index (χ0) is 19.5. The van der Waals surface area contributed by atoms with Crippen molar-refractivity contribution in [2.45, 2.75) is 26.4 Å². The average Bonchev–Trinajstić information content (AvgIpc) is 2.96. The molecule has 0 aliphatic heterocycles. The highest BCUT2D eigenvalue weighted by Crippen LogP contribution is 2.34. The van der Waals surface area contributed by atoms with E-state index >= 15 is 0 Å². The van der Waals surface area contributed by atoms with E-state index < -0.39 is 23.5 Å². The maximum atomic E-state index is 14.1. The van der Waals surface area contributed by atoms with E-state index in [0.717, 1.165) is 24.5 Å². The number of benzene rings is 1. The van der Waals surface area contributed by atoms with Crippen LogP contribution in [0.4, 0.5) is 14.2 Å². The Morgan fingerprint density at radius 3 is 2.58 bits per heavy atom. The number of anilines is 1. The Morgan fingerprint density at radius 2 is 2.00 bits per heavy atom. The molecule has 0 radical (unpaired) electrons. The van der Waals surface area contributed by atoms with Crippen molar-refractivity contribution in [3.63, 3.8) is 0 Å². The van der Waals surface area contributed by atoms with E-state index in [-0.39, 0.29) is 26.8 Å². The Balaban J connectivity index is 2.45. The van der Waals surface area contributed by atoms with Gasteiger partial charge in [0.05, 0.1) is 7.11 Å². The lowest BCUT2D eigenvalue weighted by atomic mass is 10.1. The van der Waals surface area contributed by atoms with Gasteiger partial charge in [-0.1, -0.05) is 11.3 Å². The van der Waals surface area contributed by atoms with E-state index in [2.05, 4.69) is 15.0 Å². The molecule has 1 aromatic heterocycles. The summed E-state index contributed by atoms with van der Waals surface area (Å²) < 4.78 is 23.9. The van der Waals surface area contributed by atoms with Crippen molar-refractivity contribution in [2.75, 3.05) is 12.4 Å². The second kappa shape index (κ2) is 7.61. The minimum Gasteiger partial charge on any atom is -0.464 e. The third-order valence-electron chi connectivity index (χ3n) is 2.98. The first-order valence-corrected chi connectivity index (χ1v) is 8.30. The third kappa shape index (κ3) is 4.63. The van der Waals surface area contributed by atoms with Gasteiger partial charge in [0, 0.05) is 11.1 Å². The zero-order valence-electron chi connectivity index (χ0n) is 14.6. The van der Waals surface area contributed by atoms with Crippen LogP contribution >= 0.6 is 11.3 Å². The number of rotatable bonds is 4. The van der Waals surface area contributed by atoms with Crippen molar-refractivity contribution < 1.29 is 28.2 Å². The third-order valence-corrected chi connectivity index (χ3v) is 3.98. The predicted molar refractivity (Wildman–Crippen MR) is 94.1 cm³/mol. The van der Waals surface area contributed by atoms with Crippen LogP contribution in [0, 0.1) is 5.82 Å². The van der Waals surface area contributed by atoms with Crippen LogP contribution in [0.2, 0.25) is 0 Å². The molecule has 0 aliphatic rings. The summed E-state index contributed by atoms with van der Waals surface area (Å²) in [5.41, 5.74) is -0.651. The summed E-state index contributed by atoms with van der Waals surface area (Å²) in [4.78, 5) is 38.9. The smallest absolute Gasteiger partial charge is 0.412 e. The van der Waals surface area contributed by atoms with Crippen LogP contribution in [0.3, 0.4) is 0 Å². The van der Waals surface area contributed by atoms with Crippen molar-refractivity contribution in [1.82, 2.24) is 4.98 Å². The molecule has 0 saturated carbocycles. The first-order chi connectivity index (χ1) is 12.1. The average molecular weight is 380 g/mol. The molecular formula is C17H17FN2O5S. The summed E-state index contributed by atoms with van der Waals surface area (Å²) in [6.45, 7) is 5.06. The zero-order valence-corrected chi connectivity index (χ0v) is 15.4. The Labute approximate surface area is 153 Å². The Kier molecular flexibility index (Phi) is 5.71. The van der Waals surface area contributed by atoms with Gasteiger partial charge in [0.25, 0.3) is 0 Å². The fourth-order valence-electron chi connectivity index (χ4n) is 1.93. The van der Waals surface area contributed by atoms with E-state index in [9.17, 15) is 18.8 Å². The van der Waals surface area contributed by atoms with Crippen LogP contribution in [0.25, 0.3) is 10.6 Å². The Morgan fingerprint density at radius 1 is 1.31 bits per heavy atom. The molecule has 0 saturated heterocycles. The Hall–Kier alpha value is -2.81. The van der Waals surface area contributed by atoms with Crippen LogP contribution in [-0.2, 0) is 9.47 Å². The number of aldehydes is 1. The summed E-state index contributed by atoms with van der Waals surface area (Å²) in [5, 5.41) is 2.58. The number of carbonyl (C=O) groups is 3. The number of carbonyl (C=O) groups excluding carboxylic acids is 3. The van der Waals surface area contributed by atoms with E-state index in [1.54, 1.807) is 20.8 Å². The highest BCUT2D eigenvalue weighted by atomic mass is 32.1. The van der Waals surface area contributed by atoms with Gasteiger partial charge in [-0.2, -0.15) is 0 Å². The minimum absolute atomic E-state index is 0.0296. The maximum Gasteiger partial charge on any atom is 0.412 e. The molecule has 0 bridgehead atoms. The number of aromatic nitrogens is 1. The molecule has 1 amide bonds. The highest BCUT2D eigenvalue weighted by molar-refractivity contribution is 7.19.